The van der Waals surface area contributed by atoms with E-state index >= 15 is 0 Å². The summed E-state index contributed by atoms with van der Waals surface area (Å²) in [5, 5.41) is 0. The second-order valence-corrected chi connectivity index (χ2v) is 7.81. The Hall–Kier alpha value is -1.93. The van der Waals surface area contributed by atoms with E-state index in [-0.39, 0.29) is 22.8 Å². The Morgan fingerprint density at radius 1 is 1.00 bits per heavy atom. The van der Waals surface area contributed by atoms with Gasteiger partial charge in [0.2, 0.25) is 15.9 Å². The van der Waals surface area contributed by atoms with E-state index in [9.17, 15) is 18.0 Å². The van der Waals surface area contributed by atoms with E-state index in [1.54, 1.807) is 23.6 Å². The van der Waals surface area contributed by atoms with Crippen LogP contribution in [0.3, 0.4) is 0 Å². The van der Waals surface area contributed by atoms with Crippen LogP contribution in [0, 0.1) is 0 Å². The smallest absolute Gasteiger partial charge is 0.253 e. The predicted octanol–water partition coefficient (Wildman–Crippen LogP) is 0.678. The lowest BCUT2D eigenvalue weighted by molar-refractivity contribution is -0.130. The second kappa shape index (κ2) is 7.31. The van der Waals surface area contributed by atoms with E-state index in [0.717, 1.165) is 0 Å². The summed E-state index contributed by atoms with van der Waals surface area (Å²) in [4.78, 5) is 27.3. The van der Waals surface area contributed by atoms with Gasteiger partial charge in [-0.05, 0) is 38.1 Å². The van der Waals surface area contributed by atoms with Gasteiger partial charge < -0.3 is 9.80 Å². The average Bonchev–Trinajstić information content (AvgIpc) is 2.53. The quantitative estimate of drug-likeness (QED) is 0.862. The SMILES string of the molecule is CC(=O)N1CCN(C(=O)c2ccc(S(=O)(=O)NC(C)C)cc2)CC1. The van der Waals surface area contributed by atoms with Crippen molar-refractivity contribution in [3.8, 4) is 0 Å². The number of benzene rings is 1. The Morgan fingerprint density at radius 3 is 1.96 bits per heavy atom. The molecule has 1 N–H and O–H groups in total. The number of sulfonamides is 1. The van der Waals surface area contributed by atoms with Gasteiger partial charge in [-0.2, -0.15) is 0 Å². The molecule has 7 nitrogen and oxygen atoms in total. The van der Waals surface area contributed by atoms with Crippen molar-refractivity contribution in [1.29, 1.82) is 0 Å². The van der Waals surface area contributed by atoms with Crippen LogP contribution in [0.5, 0.6) is 0 Å². The maximum Gasteiger partial charge on any atom is 0.253 e. The van der Waals surface area contributed by atoms with E-state index in [0.29, 0.717) is 31.7 Å². The molecule has 0 spiro atoms. The molecule has 1 saturated heterocycles. The van der Waals surface area contributed by atoms with Crippen molar-refractivity contribution in [3.63, 3.8) is 0 Å². The van der Waals surface area contributed by atoms with Gasteiger partial charge in [-0.25, -0.2) is 13.1 Å². The normalized spacial score (nSPS) is 15.7. The van der Waals surface area contributed by atoms with Gasteiger partial charge in [0.25, 0.3) is 5.91 Å². The van der Waals surface area contributed by atoms with Crippen molar-refractivity contribution < 1.29 is 18.0 Å². The number of carbonyl (C=O) groups excluding carboxylic acids is 2. The van der Waals surface area contributed by atoms with Gasteiger partial charge in [-0.15, -0.1) is 0 Å². The Labute approximate surface area is 142 Å². The second-order valence-electron chi connectivity index (χ2n) is 6.10. The largest absolute Gasteiger partial charge is 0.339 e. The molecule has 0 bridgehead atoms. The van der Waals surface area contributed by atoms with Crippen LogP contribution in [0.4, 0.5) is 0 Å². The van der Waals surface area contributed by atoms with E-state index in [1.807, 2.05) is 0 Å². The molecule has 0 radical (unpaired) electrons. The summed E-state index contributed by atoms with van der Waals surface area (Å²) in [6.45, 7) is 7.01. The third kappa shape index (κ3) is 4.33. The van der Waals surface area contributed by atoms with Gasteiger partial charge in [0.05, 0.1) is 4.90 Å². The molecule has 0 unspecified atom stereocenters. The minimum absolute atomic E-state index is 0.00862. The number of nitrogens with zero attached hydrogens (tertiary/aromatic N) is 2. The first kappa shape index (κ1) is 18.4. The molecule has 0 saturated carbocycles. The summed E-state index contributed by atoms with van der Waals surface area (Å²) in [5.41, 5.74) is 0.440. The number of carbonyl (C=O) groups is 2. The lowest BCUT2D eigenvalue weighted by Crippen LogP contribution is -2.50. The van der Waals surface area contributed by atoms with Crippen LogP contribution in [-0.2, 0) is 14.8 Å². The molecule has 0 aromatic heterocycles. The van der Waals surface area contributed by atoms with Crippen molar-refractivity contribution in [2.24, 2.45) is 0 Å². The summed E-state index contributed by atoms with van der Waals surface area (Å²) in [5.74, 6) is -0.145. The van der Waals surface area contributed by atoms with Crippen molar-refractivity contribution >= 4 is 21.8 Å². The summed E-state index contributed by atoms with van der Waals surface area (Å²) in [6, 6.07) is 5.71. The summed E-state index contributed by atoms with van der Waals surface area (Å²) in [6.07, 6.45) is 0. The zero-order chi connectivity index (χ0) is 17.9. The summed E-state index contributed by atoms with van der Waals surface area (Å²) in [7, 11) is -3.56. The van der Waals surface area contributed by atoms with Crippen molar-refractivity contribution in [2.75, 3.05) is 26.2 Å². The maximum atomic E-state index is 12.5. The van der Waals surface area contributed by atoms with Crippen LogP contribution in [0.2, 0.25) is 0 Å². The van der Waals surface area contributed by atoms with Crippen molar-refractivity contribution in [3.05, 3.63) is 29.8 Å². The molecule has 1 heterocycles. The molecule has 1 aromatic carbocycles. The molecule has 8 heteroatoms. The molecule has 24 heavy (non-hydrogen) atoms. The molecule has 132 valence electrons. The topological polar surface area (TPSA) is 86.8 Å². The molecule has 2 rings (SSSR count). The van der Waals surface area contributed by atoms with Crippen LogP contribution in [-0.4, -0.2) is 62.3 Å². The van der Waals surface area contributed by atoms with Gasteiger partial charge >= 0.3 is 0 Å². The first-order valence-corrected chi connectivity index (χ1v) is 9.36. The Balaban J connectivity index is 2.06. The molecule has 1 aromatic rings. The molecule has 0 atom stereocenters. The molecule has 2 amide bonds. The van der Waals surface area contributed by atoms with E-state index < -0.39 is 10.0 Å². The van der Waals surface area contributed by atoms with E-state index in [4.69, 9.17) is 0 Å². The zero-order valence-corrected chi connectivity index (χ0v) is 15.0. The van der Waals surface area contributed by atoms with Crippen LogP contribution < -0.4 is 4.72 Å². The van der Waals surface area contributed by atoms with Crippen LogP contribution in [0.25, 0.3) is 0 Å². The predicted molar refractivity (Wildman–Crippen MR) is 90.1 cm³/mol. The molecule has 1 aliphatic heterocycles. The van der Waals surface area contributed by atoms with Crippen LogP contribution >= 0.6 is 0 Å². The minimum Gasteiger partial charge on any atom is -0.339 e. The van der Waals surface area contributed by atoms with E-state index in [1.165, 1.54) is 31.2 Å². The Morgan fingerprint density at radius 2 is 1.50 bits per heavy atom. The fraction of sp³-hybridized carbons (Fsp3) is 0.500. The highest BCUT2D eigenvalue weighted by atomic mass is 32.2. The average molecular weight is 353 g/mol. The highest BCUT2D eigenvalue weighted by Crippen LogP contribution is 2.14. The molecule has 0 aliphatic carbocycles. The van der Waals surface area contributed by atoms with Gasteiger partial charge in [-0.3, -0.25) is 9.59 Å². The van der Waals surface area contributed by atoms with Crippen molar-refractivity contribution in [1.82, 2.24) is 14.5 Å². The van der Waals surface area contributed by atoms with Gasteiger partial charge in [0, 0.05) is 44.7 Å². The lowest BCUT2D eigenvalue weighted by Gasteiger charge is -2.34. The number of rotatable bonds is 4. The first-order valence-electron chi connectivity index (χ1n) is 7.88. The van der Waals surface area contributed by atoms with Crippen LogP contribution in [0.1, 0.15) is 31.1 Å². The molecular weight excluding hydrogens is 330 g/mol. The molecule has 1 aliphatic rings. The lowest BCUT2D eigenvalue weighted by atomic mass is 10.2. The molecular formula is C16H23N3O4S. The number of piperazine rings is 1. The third-order valence-corrected chi connectivity index (χ3v) is 5.49. The highest BCUT2D eigenvalue weighted by Gasteiger charge is 2.23. The van der Waals surface area contributed by atoms with Gasteiger partial charge in [0.1, 0.15) is 0 Å². The maximum absolute atomic E-state index is 12.5. The van der Waals surface area contributed by atoms with E-state index in [2.05, 4.69) is 4.72 Å². The standard InChI is InChI=1S/C16H23N3O4S/c1-12(2)17-24(22,23)15-6-4-14(5-7-15)16(21)19-10-8-18(9-11-19)13(3)20/h4-7,12,17H,8-11H2,1-3H3. The number of nitrogens with one attached hydrogen (secondary N) is 1. The number of hydrogen-bond donors (Lipinski definition) is 1. The summed E-state index contributed by atoms with van der Waals surface area (Å²) >= 11 is 0. The fourth-order valence-electron chi connectivity index (χ4n) is 2.56. The summed E-state index contributed by atoms with van der Waals surface area (Å²) < 4.78 is 26.7. The third-order valence-electron chi connectivity index (χ3n) is 3.81. The van der Waals surface area contributed by atoms with Gasteiger partial charge in [0.15, 0.2) is 0 Å². The Kier molecular flexibility index (Phi) is 5.61. The number of amides is 2. The molecule has 1 fully saturated rings. The minimum atomic E-state index is -3.56. The van der Waals surface area contributed by atoms with Crippen LogP contribution in [0.15, 0.2) is 29.2 Å². The fourth-order valence-corrected chi connectivity index (χ4v) is 3.81. The number of hydrogen-bond acceptors (Lipinski definition) is 4. The zero-order valence-electron chi connectivity index (χ0n) is 14.2. The highest BCUT2D eigenvalue weighted by molar-refractivity contribution is 7.89. The monoisotopic (exact) mass is 353 g/mol. The Bertz CT molecular complexity index is 705. The first-order chi connectivity index (χ1) is 11.2. The van der Waals surface area contributed by atoms with Gasteiger partial charge in [-0.1, -0.05) is 0 Å². The van der Waals surface area contributed by atoms with Crippen molar-refractivity contribution in [2.45, 2.75) is 31.7 Å².